The van der Waals surface area contributed by atoms with Gasteiger partial charge in [-0.2, -0.15) is 0 Å². The Labute approximate surface area is 166 Å². The highest BCUT2D eigenvalue weighted by Crippen LogP contribution is 2.46. The molecule has 2 nitrogen and oxygen atoms in total. The van der Waals surface area contributed by atoms with Crippen molar-refractivity contribution >= 4 is 15.5 Å². The number of hydrogen-bond acceptors (Lipinski definition) is 1. The third-order valence-corrected chi connectivity index (χ3v) is 8.85. The fourth-order valence-electron chi connectivity index (χ4n) is 4.54. The summed E-state index contributed by atoms with van der Waals surface area (Å²) in [6.07, 6.45) is 19.7. The van der Waals surface area contributed by atoms with E-state index in [1.54, 1.807) is 0 Å². The highest BCUT2D eigenvalue weighted by atomic mass is 28.2. The van der Waals surface area contributed by atoms with Gasteiger partial charge in [0.25, 0.3) is 0 Å². The Kier molecular flexibility index (Phi) is 16.6. The minimum atomic E-state index is -0.585. The Hall–Kier alpha value is -0.313. The lowest BCUT2D eigenvalue weighted by Crippen LogP contribution is -2.36. The Balaban J connectivity index is 4.63. The molecule has 3 heteroatoms. The van der Waals surface area contributed by atoms with E-state index in [4.69, 9.17) is 0 Å². The molecule has 0 saturated heterocycles. The molecule has 0 fully saturated rings. The number of carboxylic acid groups (broad SMARTS) is 1. The molecule has 2 atom stereocenters. The van der Waals surface area contributed by atoms with Gasteiger partial charge in [0.15, 0.2) is 0 Å². The summed E-state index contributed by atoms with van der Waals surface area (Å²) in [5.41, 5.74) is 0. The van der Waals surface area contributed by atoms with Crippen molar-refractivity contribution in [2.45, 2.75) is 135 Å². The fraction of sp³-hybridized carbons (Fsp3) is 0.957. The maximum absolute atomic E-state index is 12.3. The summed E-state index contributed by atoms with van der Waals surface area (Å²) in [6.45, 7) is 8.97. The fourth-order valence-corrected chi connectivity index (χ4v) is 6.43. The van der Waals surface area contributed by atoms with Gasteiger partial charge in [0.2, 0.25) is 0 Å². The predicted molar refractivity (Wildman–Crippen MR) is 119 cm³/mol. The standard InChI is InChI=1S/C23H48O2Si/c1-5-8-10-12-14-16-19-21(18-7-3)23(26-4,22(24)25)20-17-15-13-11-9-6-2/h21H,5-20,26H2,1-4H3,(H,24,25). The number of unbranched alkanes of at least 4 members (excludes halogenated alkanes) is 10. The van der Waals surface area contributed by atoms with E-state index in [2.05, 4.69) is 27.3 Å². The van der Waals surface area contributed by atoms with Crippen LogP contribution in [0.15, 0.2) is 0 Å². The zero-order chi connectivity index (χ0) is 19.7. The van der Waals surface area contributed by atoms with Gasteiger partial charge in [0, 0.05) is 9.52 Å². The van der Waals surface area contributed by atoms with Crippen molar-refractivity contribution in [3.63, 3.8) is 0 Å². The molecular formula is C23H48O2Si. The zero-order valence-corrected chi connectivity index (χ0v) is 19.9. The summed E-state index contributed by atoms with van der Waals surface area (Å²) < 4.78 is 0. The first-order valence-corrected chi connectivity index (χ1v) is 13.9. The van der Waals surface area contributed by atoms with Crippen molar-refractivity contribution in [3.05, 3.63) is 0 Å². The molecule has 0 aliphatic rings. The smallest absolute Gasteiger partial charge is 0.306 e. The number of carbonyl (C=O) groups is 1. The second-order valence-corrected chi connectivity index (χ2v) is 10.3. The molecule has 1 N–H and O–H groups in total. The van der Waals surface area contributed by atoms with E-state index in [0.717, 1.165) is 32.1 Å². The van der Waals surface area contributed by atoms with Crippen LogP contribution >= 0.6 is 0 Å². The summed E-state index contributed by atoms with van der Waals surface area (Å²) in [5, 5.41) is 9.83. The lowest BCUT2D eigenvalue weighted by molar-refractivity contribution is -0.143. The van der Waals surface area contributed by atoms with Gasteiger partial charge >= 0.3 is 5.97 Å². The molecule has 0 aromatic heterocycles. The van der Waals surface area contributed by atoms with Crippen LogP contribution in [-0.2, 0) is 4.79 Å². The van der Waals surface area contributed by atoms with Gasteiger partial charge in [-0.05, 0) is 25.2 Å². The maximum Gasteiger partial charge on any atom is 0.306 e. The van der Waals surface area contributed by atoms with E-state index in [1.165, 1.54) is 70.6 Å². The Morgan fingerprint density at radius 1 is 0.769 bits per heavy atom. The van der Waals surface area contributed by atoms with Crippen molar-refractivity contribution in [2.75, 3.05) is 0 Å². The monoisotopic (exact) mass is 384 g/mol. The van der Waals surface area contributed by atoms with E-state index in [-0.39, 0.29) is 5.04 Å². The van der Waals surface area contributed by atoms with Gasteiger partial charge in [0.05, 0.1) is 5.04 Å². The third kappa shape index (κ3) is 10.1. The number of aliphatic carboxylic acids is 1. The first kappa shape index (κ1) is 25.7. The first-order valence-electron chi connectivity index (χ1n) is 11.8. The van der Waals surface area contributed by atoms with Crippen molar-refractivity contribution in [1.29, 1.82) is 0 Å². The van der Waals surface area contributed by atoms with Gasteiger partial charge in [-0.25, -0.2) is 0 Å². The molecule has 0 saturated carbocycles. The van der Waals surface area contributed by atoms with Gasteiger partial charge < -0.3 is 5.11 Å². The van der Waals surface area contributed by atoms with E-state index in [9.17, 15) is 9.90 Å². The largest absolute Gasteiger partial charge is 0.481 e. The minimum Gasteiger partial charge on any atom is -0.481 e. The van der Waals surface area contributed by atoms with Crippen LogP contribution in [0.3, 0.4) is 0 Å². The Morgan fingerprint density at radius 3 is 1.73 bits per heavy atom. The number of hydrogen-bond donors (Lipinski definition) is 1. The van der Waals surface area contributed by atoms with Crippen LogP contribution in [0.4, 0.5) is 0 Å². The molecule has 0 aromatic carbocycles. The average Bonchev–Trinajstić information content (AvgIpc) is 2.63. The molecule has 0 rings (SSSR count). The summed E-state index contributed by atoms with van der Waals surface area (Å²) in [4.78, 5) is 12.3. The first-order chi connectivity index (χ1) is 12.6. The van der Waals surface area contributed by atoms with Gasteiger partial charge in [-0.1, -0.05) is 111 Å². The third-order valence-electron chi connectivity index (χ3n) is 6.36. The van der Waals surface area contributed by atoms with E-state index >= 15 is 0 Å². The lowest BCUT2D eigenvalue weighted by atomic mass is 9.80. The minimum absolute atomic E-state index is 0.343. The molecule has 0 aliphatic carbocycles. The molecule has 2 unspecified atom stereocenters. The SMILES string of the molecule is CCCCCCCCC(CCC)C(CCCCCCCC)([SiH2]C)C(=O)O. The number of rotatable bonds is 19. The molecule has 156 valence electrons. The molecule has 0 aromatic rings. The van der Waals surface area contributed by atoms with Crippen LogP contribution < -0.4 is 0 Å². The average molecular weight is 385 g/mol. The molecule has 0 bridgehead atoms. The number of carboxylic acids is 1. The van der Waals surface area contributed by atoms with Crippen LogP contribution in [0.2, 0.25) is 11.6 Å². The topological polar surface area (TPSA) is 37.3 Å². The highest BCUT2D eigenvalue weighted by Gasteiger charge is 2.42. The molecule has 0 aliphatic heterocycles. The molecule has 0 heterocycles. The van der Waals surface area contributed by atoms with Crippen LogP contribution in [0, 0.1) is 5.92 Å². The van der Waals surface area contributed by atoms with Crippen molar-refractivity contribution in [1.82, 2.24) is 0 Å². The highest BCUT2D eigenvalue weighted by molar-refractivity contribution is 6.45. The van der Waals surface area contributed by atoms with E-state index in [1.807, 2.05) is 0 Å². The molecule has 0 radical (unpaired) electrons. The summed E-state index contributed by atoms with van der Waals surface area (Å²) in [7, 11) is -0.585. The van der Waals surface area contributed by atoms with Crippen molar-refractivity contribution in [3.8, 4) is 0 Å². The van der Waals surface area contributed by atoms with Crippen LogP contribution in [0.25, 0.3) is 0 Å². The van der Waals surface area contributed by atoms with E-state index in [0.29, 0.717) is 5.92 Å². The quantitative estimate of drug-likeness (QED) is 0.186. The molecular weight excluding hydrogens is 336 g/mol. The zero-order valence-electron chi connectivity index (χ0n) is 18.5. The second kappa shape index (κ2) is 16.8. The van der Waals surface area contributed by atoms with Gasteiger partial charge in [-0.15, -0.1) is 0 Å². The molecule has 26 heavy (non-hydrogen) atoms. The van der Waals surface area contributed by atoms with Crippen molar-refractivity contribution in [2.24, 2.45) is 5.92 Å². The Morgan fingerprint density at radius 2 is 1.27 bits per heavy atom. The van der Waals surface area contributed by atoms with Crippen LogP contribution in [-0.4, -0.2) is 20.6 Å². The summed E-state index contributed by atoms with van der Waals surface area (Å²) >= 11 is 0. The predicted octanol–water partition coefficient (Wildman–Crippen LogP) is 7.36. The van der Waals surface area contributed by atoms with Crippen LogP contribution in [0.5, 0.6) is 0 Å². The normalized spacial score (nSPS) is 15.4. The lowest BCUT2D eigenvalue weighted by Gasteiger charge is -2.37. The summed E-state index contributed by atoms with van der Waals surface area (Å²) in [6, 6.07) is 0. The Bertz CT molecular complexity index is 332. The second-order valence-electron chi connectivity index (χ2n) is 8.37. The molecule has 0 spiro atoms. The summed E-state index contributed by atoms with van der Waals surface area (Å²) in [5.74, 6) is -0.0480. The van der Waals surface area contributed by atoms with Gasteiger partial charge in [0.1, 0.15) is 0 Å². The maximum atomic E-state index is 12.3. The van der Waals surface area contributed by atoms with Gasteiger partial charge in [-0.3, -0.25) is 4.79 Å². The van der Waals surface area contributed by atoms with Crippen LogP contribution in [0.1, 0.15) is 124 Å². The van der Waals surface area contributed by atoms with E-state index < -0.39 is 15.5 Å². The van der Waals surface area contributed by atoms with Crippen molar-refractivity contribution < 1.29 is 9.90 Å². The molecule has 0 amide bonds.